The maximum atomic E-state index is 7.50. The molecule has 0 saturated carbocycles. The number of nitrogens with one attached hydrogen (secondary N) is 1. The highest BCUT2D eigenvalue weighted by Gasteiger charge is 2.12. The van der Waals surface area contributed by atoms with Gasteiger partial charge in [0.05, 0.1) is 5.56 Å². The van der Waals surface area contributed by atoms with Gasteiger partial charge in [0, 0.05) is 18.9 Å². The topological polar surface area (TPSA) is 78.9 Å². The van der Waals surface area contributed by atoms with E-state index in [0.717, 1.165) is 5.69 Å². The average Bonchev–Trinajstić information content (AvgIpc) is 2.39. The normalized spacial score (nSPS) is 9.94. The van der Waals surface area contributed by atoms with Gasteiger partial charge in [-0.15, -0.1) is 0 Å². The standard InChI is InChI=1S/C12H13N5/c1-17(9-5-3-2-4-6-9)12-10(11(13)14)7-15-8-16-12/h2-8H,1H3,(H3,13,14). The largest absolute Gasteiger partial charge is 0.384 e. The lowest BCUT2D eigenvalue weighted by atomic mass is 10.2. The summed E-state index contributed by atoms with van der Waals surface area (Å²) in [5.74, 6) is 0.585. The Kier molecular flexibility index (Phi) is 3.00. The molecule has 0 saturated heterocycles. The van der Waals surface area contributed by atoms with Crippen molar-refractivity contribution in [3.63, 3.8) is 0 Å². The van der Waals surface area contributed by atoms with Gasteiger partial charge in [0.25, 0.3) is 0 Å². The molecule has 1 aromatic heterocycles. The van der Waals surface area contributed by atoms with E-state index in [2.05, 4.69) is 9.97 Å². The fourth-order valence-electron chi connectivity index (χ4n) is 1.55. The molecule has 5 nitrogen and oxygen atoms in total. The Morgan fingerprint density at radius 1 is 1.29 bits per heavy atom. The van der Waals surface area contributed by atoms with Crippen LogP contribution in [0.25, 0.3) is 0 Å². The van der Waals surface area contributed by atoms with Crippen LogP contribution in [0.5, 0.6) is 0 Å². The summed E-state index contributed by atoms with van der Waals surface area (Å²) in [6, 6.07) is 9.77. The van der Waals surface area contributed by atoms with Gasteiger partial charge < -0.3 is 10.6 Å². The van der Waals surface area contributed by atoms with Crippen molar-refractivity contribution in [1.82, 2.24) is 9.97 Å². The van der Waals surface area contributed by atoms with Crippen LogP contribution in [0.1, 0.15) is 5.56 Å². The first kappa shape index (κ1) is 11.1. The molecule has 2 aromatic rings. The molecular weight excluding hydrogens is 214 g/mol. The molecule has 0 amide bonds. The van der Waals surface area contributed by atoms with Crippen molar-refractivity contribution in [3.05, 3.63) is 48.4 Å². The van der Waals surface area contributed by atoms with Gasteiger partial charge in [-0.25, -0.2) is 9.97 Å². The van der Waals surface area contributed by atoms with E-state index < -0.39 is 0 Å². The third-order valence-electron chi connectivity index (χ3n) is 2.44. The molecule has 1 aromatic carbocycles. The van der Waals surface area contributed by atoms with E-state index >= 15 is 0 Å². The number of amidine groups is 1. The third-order valence-corrected chi connectivity index (χ3v) is 2.44. The van der Waals surface area contributed by atoms with Crippen molar-refractivity contribution in [1.29, 1.82) is 5.41 Å². The summed E-state index contributed by atoms with van der Waals surface area (Å²) in [6.45, 7) is 0. The molecule has 5 heteroatoms. The Hall–Kier alpha value is -2.43. The first-order valence-electron chi connectivity index (χ1n) is 5.13. The second-order valence-corrected chi connectivity index (χ2v) is 3.57. The Morgan fingerprint density at radius 2 is 2.00 bits per heavy atom. The Bertz CT molecular complexity index is 523. The van der Waals surface area contributed by atoms with Gasteiger partial charge in [-0.1, -0.05) is 18.2 Å². The number of aromatic nitrogens is 2. The minimum atomic E-state index is -0.0385. The van der Waals surface area contributed by atoms with E-state index in [1.54, 1.807) is 6.20 Å². The quantitative estimate of drug-likeness (QED) is 0.615. The van der Waals surface area contributed by atoms with Crippen LogP contribution < -0.4 is 10.6 Å². The SMILES string of the molecule is CN(c1ccccc1)c1ncncc1C(=N)N. The molecule has 0 bridgehead atoms. The van der Waals surface area contributed by atoms with Crippen LogP contribution in [0.2, 0.25) is 0 Å². The highest BCUT2D eigenvalue weighted by atomic mass is 15.2. The van der Waals surface area contributed by atoms with Crippen LogP contribution in [0, 0.1) is 5.41 Å². The van der Waals surface area contributed by atoms with Crippen LogP contribution in [0.4, 0.5) is 11.5 Å². The first-order chi connectivity index (χ1) is 8.20. The average molecular weight is 227 g/mol. The molecule has 0 radical (unpaired) electrons. The number of hydrogen-bond acceptors (Lipinski definition) is 4. The van der Waals surface area contributed by atoms with Crippen LogP contribution in [-0.2, 0) is 0 Å². The van der Waals surface area contributed by atoms with Gasteiger partial charge in [-0.05, 0) is 12.1 Å². The molecule has 0 fully saturated rings. The summed E-state index contributed by atoms with van der Waals surface area (Å²) in [7, 11) is 1.88. The van der Waals surface area contributed by atoms with Crippen molar-refractivity contribution in [3.8, 4) is 0 Å². The smallest absolute Gasteiger partial charge is 0.147 e. The van der Waals surface area contributed by atoms with Gasteiger partial charge in [-0.2, -0.15) is 0 Å². The summed E-state index contributed by atoms with van der Waals surface area (Å²) in [4.78, 5) is 9.93. The van der Waals surface area contributed by atoms with E-state index in [-0.39, 0.29) is 5.84 Å². The van der Waals surface area contributed by atoms with Crippen molar-refractivity contribution in [2.75, 3.05) is 11.9 Å². The maximum absolute atomic E-state index is 7.50. The lowest BCUT2D eigenvalue weighted by Gasteiger charge is -2.20. The molecule has 0 aliphatic rings. The van der Waals surface area contributed by atoms with Crippen molar-refractivity contribution < 1.29 is 0 Å². The van der Waals surface area contributed by atoms with Gasteiger partial charge in [-0.3, -0.25) is 5.41 Å². The molecule has 17 heavy (non-hydrogen) atoms. The molecule has 3 N–H and O–H groups in total. The van der Waals surface area contributed by atoms with Gasteiger partial charge in [0.15, 0.2) is 0 Å². The van der Waals surface area contributed by atoms with E-state index in [0.29, 0.717) is 11.4 Å². The molecular formula is C12H13N5. The number of nitrogen functional groups attached to an aromatic ring is 1. The fourth-order valence-corrected chi connectivity index (χ4v) is 1.55. The van der Waals surface area contributed by atoms with Crippen LogP contribution >= 0.6 is 0 Å². The highest BCUT2D eigenvalue weighted by molar-refractivity contribution is 5.99. The number of nitrogens with two attached hydrogens (primary N) is 1. The highest BCUT2D eigenvalue weighted by Crippen LogP contribution is 2.23. The summed E-state index contributed by atoms with van der Waals surface area (Å²) >= 11 is 0. The van der Waals surface area contributed by atoms with Gasteiger partial charge in [0.2, 0.25) is 0 Å². The number of nitrogens with zero attached hydrogens (tertiary/aromatic N) is 3. The monoisotopic (exact) mass is 227 g/mol. The third kappa shape index (κ3) is 2.23. The maximum Gasteiger partial charge on any atom is 0.147 e. The minimum absolute atomic E-state index is 0.0385. The molecule has 0 unspecified atom stereocenters. The van der Waals surface area contributed by atoms with E-state index in [1.807, 2.05) is 42.3 Å². The minimum Gasteiger partial charge on any atom is -0.384 e. The van der Waals surface area contributed by atoms with E-state index in [9.17, 15) is 0 Å². The second-order valence-electron chi connectivity index (χ2n) is 3.57. The second kappa shape index (κ2) is 4.61. The molecule has 0 atom stereocenters. The van der Waals surface area contributed by atoms with E-state index in [4.69, 9.17) is 11.1 Å². The zero-order valence-electron chi connectivity index (χ0n) is 9.46. The first-order valence-corrected chi connectivity index (χ1v) is 5.13. The van der Waals surface area contributed by atoms with Crippen molar-refractivity contribution in [2.45, 2.75) is 0 Å². The molecule has 1 heterocycles. The molecule has 0 spiro atoms. The fraction of sp³-hybridized carbons (Fsp3) is 0.0833. The zero-order chi connectivity index (χ0) is 12.3. The summed E-state index contributed by atoms with van der Waals surface area (Å²) in [5.41, 5.74) is 7.01. The predicted octanol–water partition coefficient (Wildman–Crippen LogP) is 1.53. The molecule has 86 valence electrons. The lowest BCUT2D eigenvalue weighted by Crippen LogP contribution is -2.20. The zero-order valence-corrected chi connectivity index (χ0v) is 9.46. The number of hydrogen-bond donors (Lipinski definition) is 2. The summed E-state index contributed by atoms with van der Waals surface area (Å²) in [5, 5.41) is 7.50. The number of rotatable bonds is 3. The van der Waals surface area contributed by atoms with Crippen molar-refractivity contribution >= 4 is 17.3 Å². The molecule has 0 aliphatic carbocycles. The number of benzene rings is 1. The van der Waals surface area contributed by atoms with E-state index in [1.165, 1.54) is 6.33 Å². The summed E-state index contributed by atoms with van der Waals surface area (Å²) in [6.07, 6.45) is 2.99. The Labute approximate surface area is 99.4 Å². The number of anilines is 2. The Balaban J connectivity index is 2.44. The van der Waals surface area contributed by atoms with Crippen LogP contribution in [-0.4, -0.2) is 22.9 Å². The van der Waals surface area contributed by atoms with Crippen molar-refractivity contribution in [2.24, 2.45) is 5.73 Å². The molecule has 2 rings (SSSR count). The number of para-hydroxylation sites is 1. The van der Waals surface area contributed by atoms with Gasteiger partial charge >= 0.3 is 0 Å². The Morgan fingerprint density at radius 3 is 2.65 bits per heavy atom. The van der Waals surface area contributed by atoms with Crippen LogP contribution in [0.3, 0.4) is 0 Å². The van der Waals surface area contributed by atoms with Crippen LogP contribution in [0.15, 0.2) is 42.9 Å². The molecule has 0 aliphatic heterocycles. The lowest BCUT2D eigenvalue weighted by molar-refractivity contribution is 1.07. The predicted molar refractivity (Wildman–Crippen MR) is 67.6 cm³/mol. The van der Waals surface area contributed by atoms with Gasteiger partial charge in [0.1, 0.15) is 18.0 Å². The summed E-state index contributed by atoms with van der Waals surface area (Å²) < 4.78 is 0.